The number of Topliss-reactive ketones (excluding diaryl/α,β-unsaturated/α-hetero) is 1. The van der Waals surface area contributed by atoms with Crippen LogP contribution in [0.1, 0.15) is 38.1 Å². The second-order valence-corrected chi connectivity index (χ2v) is 4.60. The lowest BCUT2D eigenvalue weighted by Crippen LogP contribution is -2.19. The van der Waals surface area contributed by atoms with Gasteiger partial charge in [0.25, 0.3) is 0 Å². The smallest absolute Gasteiger partial charge is 0.157 e. The third-order valence-corrected chi connectivity index (χ3v) is 3.44. The summed E-state index contributed by atoms with van der Waals surface area (Å²) in [6, 6.07) is 7.71. The van der Waals surface area contributed by atoms with Crippen LogP contribution in [0.2, 0.25) is 0 Å². The average Bonchev–Trinajstić information content (AvgIpc) is 2.66. The number of rotatable bonds is 1. The number of carbonyl (C=O) groups is 1. The fourth-order valence-corrected chi connectivity index (χ4v) is 2.52. The highest BCUT2D eigenvalue weighted by Crippen LogP contribution is 2.26. The molecule has 1 unspecified atom stereocenters. The highest BCUT2D eigenvalue weighted by atomic mass is 16.1. The van der Waals surface area contributed by atoms with E-state index in [0.717, 1.165) is 36.7 Å². The molecule has 1 fully saturated rings. The summed E-state index contributed by atoms with van der Waals surface area (Å²) in [5.41, 5.74) is 1.83. The summed E-state index contributed by atoms with van der Waals surface area (Å²) in [4.78, 5) is 12.1. The minimum Gasteiger partial charge on any atom is -0.297 e. The number of carbonyl (C=O) groups excluding carboxylic acids is 1. The fourth-order valence-electron chi connectivity index (χ4n) is 2.52. The Labute approximate surface area is 99.6 Å². The standard InChI is InChI=1S/C13H15N3O/c17-13-9-3-1-2-8-12(13)16-11-7-5-4-6-10(11)14-15-16/h4-7,12H,1-3,8-9H2. The molecular weight excluding hydrogens is 214 g/mol. The molecule has 1 aromatic heterocycles. The first-order valence-corrected chi connectivity index (χ1v) is 6.19. The van der Waals surface area contributed by atoms with Gasteiger partial charge >= 0.3 is 0 Å². The number of fused-ring (bicyclic) bond motifs is 1. The Kier molecular flexibility index (Phi) is 2.63. The SMILES string of the molecule is O=C1CCCCCC1n1nnc2ccccc21. The lowest BCUT2D eigenvalue weighted by atomic mass is 10.1. The Balaban J connectivity index is 2.04. The van der Waals surface area contributed by atoms with Crippen molar-refractivity contribution in [1.29, 1.82) is 0 Å². The van der Waals surface area contributed by atoms with Gasteiger partial charge in [-0.3, -0.25) is 4.79 Å². The molecule has 4 heteroatoms. The zero-order valence-corrected chi connectivity index (χ0v) is 9.67. The monoisotopic (exact) mass is 229 g/mol. The molecule has 0 N–H and O–H groups in total. The number of ketones is 1. The molecule has 1 aliphatic rings. The van der Waals surface area contributed by atoms with Crippen LogP contribution in [-0.4, -0.2) is 20.8 Å². The van der Waals surface area contributed by atoms with E-state index in [1.807, 2.05) is 28.9 Å². The van der Waals surface area contributed by atoms with Crippen LogP contribution < -0.4 is 0 Å². The molecule has 0 bridgehead atoms. The third kappa shape index (κ3) is 1.84. The van der Waals surface area contributed by atoms with E-state index in [4.69, 9.17) is 0 Å². The molecule has 1 saturated carbocycles. The Morgan fingerprint density at radius 3 is 3.00 bits per heavy atom. The van der Waals surface area contributed by atoms with Crippen LogP contribution in [0.3, 0.4) is 0 Å². The Morgan fingerprint density at radius 1 is 1.18 bits per heavy atom. The van der Waals surface area contributed by atoms with Crippen molar-refractivity contribution in [2.45, 2.75) is 38.1 Å². The Morgan fingerprint density at radius 2 is 2.06 bits per heavy atom. The molecule has 1 heterocycles. The predicted octanol–water partition coefficient (Wildman–Crippen LogP) is 2.51. The molecule has 3 rings (SSSR count). The summed E-state index contributed by atoms with van der Waals surface area (Å²) in [7, 11) is 0. The van der Waals surface area contributed by atoms with Gasteiger partial charge in [-0.1, -0.05) is 30.2 Å². The van der Waals surface area contributed by atoms with Crippen molar-refractivity contribution >= 4 is 16.8 Å². The van der Waals surface area contributed by atoms with Crippen molar-refractivity contribution in [2.24, 2.45) is 0 Å². The van der Waals surface area contributed by atoms with Gasteiger partial charge in [0.1, 0.15) is 11.6 Å². The van der Waals surface area contributed by atoms with Gasteiger partial charge in [-0.15, -0.1) is 5.10 Å². The molecule has 0 radical (unpaired) electrons. The molecule has 1 aliphatic carbocycles. The van der Waals surface area contributed by atoms with Gasteiger partial charge in [0.05, 0.1) is 5.52 Å². The zero-order chi connectivity index (χ0) is 11.7. The molecule has 17 heavy (non-hydrogen) atoms. The van der Waals surface area contributed by atoms with E-state index in [2.05, 4.69) is 10.3 Å². The van der Waals surface area contributed by atoms with E-state index in [1.165, 1.54) is 0 Å². The van der Waals surface area contributed by atoms with E-state index in [9.17, 15) is 4.79 Å². The van der Waals surface area contributed by atoms with Gasteiger partial charge in [-0.2, -0.15) is 0 Å². The van der Waals surface area contributed by atoms with Crippen LogP contribution in [0.15, 0.2) is 24.3 Å². The molecule has 1 atom stereocenters. The first-order valence-electron chi connectivity index (χ1n) is 6.19. The van der Waals surface area contributed by atoms with Crippen molar-refractivity contribution in [3.05, 3.63) is 24.3 Å². The summed E-state index contributed by atoms with van der Waals surface area (Å²) in [6.45, 7) is 0. The Hall–Kier alpha value is -1.71. The zero-order valence-electron chi connectivity index (χ0n) is 9.67. The van der Waals surface area contributed by atoms with Crippen LogP contribution in [0.25, 0.3) is 11.0 Å². The number of nitrogens with zero attached hydrogens (tertiary/aromatic N) is 3. The predicted molar refractivity (Wildman–Crippen MR) is 64.7 cm³/mol. The number of aromatic nitrogens is 3. The quantitative estimate of drug-likeness (QED) is 0.706. The summed E-state index contributed by atoms with van der Waals surface area (Å²) in [6.07, 6.45) is 4.84. The minimum absolute atomic E-state index is 0.107. The molecule has 1 aromatic carbocycles. The minimum atomic E-state index is -0.107. The molecule has 0 saturated heterocycles. The van der Waals surface area contributed by atoms with Gasteiger partial charge in [-0.05, 0) is 25.0 Å². The highest BCUT2D eigenvalue weighted by molar-refractivity contribution is 5.85. The maximum Gasteiger partial charge on any atom is 0.157 e. The molecule has 0 spiro atoms. The number of hydrogen-bond donors (Lipinski definition) is 0. The van der Waals surface area contributed by atoms with Crippen LogP contribution in [-0.2, 0) is 4.79 Å². The molecule has 0 amide bonds. The number of hydrogen-bond acceptors (Lipinski definition) is 3. The molecular formula is C13H15N3O. The van der Waals surface area contributed by atoms with Crippen molar-refractivity contribution in [2.75, 3.05) is 0 Å². The lowest BCUT2D eigenvalue weighted by Gasteiger charge is -2.13. The highest BCUT2D eigenvalue weighted by Gasteiger charge is 2.24. The largest absolute Gasteiger partial charge is 0.297 e. The van der Waals surface area contributed by atoms with E-state index >= 15 is 0 Å². The van der Waals surface area contributed by atoms with E-state index < -0.39 is 0 Å². The maximum absolute atomic E-state index is 12.1. The maximum atomic E-state index is 12.1. The number of para-hydroxylation sites is 1. The second-order valence-electron chi connectivity index (χ2n) is 4.60. The molecule has 0 aliphatic heterocycles. The normalized spacial score (nSPS) is 21.6. The van der Waals surface area contributed by atoms with Gasteiger partial charge in [-0.25, -0.2) is 4.68 Å². The van der Waals surface area contributed by atoms with Crippen molar-refractivity contribution < 1.29 is 4.79 Å². The molecule has 2 aromatic rings. The van der Waals surface area contributed by atoms with Crippen LogP contribution in [0, 0.1) is 0 Å². The van der Waals surface area contributed by atoms with Crippen LogP contribution in [0.4, 0.5) is 0 Å². The summed E-state index contributed by atoms with van der Waals surface area (Å²) >= 11 is 0. The third-order valence-electron chi connectivity index (χ3n) is 3.44. The van der Waals surface area contributed by atoms with E-state index in [-0.39, 0.29) is 6.04 Å². The number of benzene rings is 1. The first kappa shape index (κ1) is 10.4. The van der Waals surface area contributed by atoms with Crippen molar-refractivity contribution in [1.82, 2.24) is 15.0 Å². The average molecular weight is 229 g/mol. The van der Waals surface area contributed by atoms with E-state index in [1.54, 1.807) is 0 Å². The van der Waals surface area contributed by atoms with E-state index in [0.29, 0.717) is 12.2 Å². The van der Waals surface area contributed by atoms with Crippen LogP contribution >= 0.6 is 0 Å². The Bertz CT molecular complexity index is 546. The first-order chi connectivity index (χ1) is 8.36. The summed E-state index contributed by atoms with van der Waals surface area (Å²) in [5.74, 6) is 0.304. The molecule has 4 nitrogen and oxygen atoms in total. The molecule has 88 valence electrons. The summed E-state index contributed by atoms with van der Waals surface area (Å²) in [5, 5.41) is 8.28. The summed E-state index contributed by atoms with van der Waals surface area (Å²) < 4.78 is 1.81. The van der Waals surface area contributed by atoms with Crippen LogP contribution in [0.5, 0.6) is 0 Å². The van der Waals surface area contributed by atoms with Gasteiger partial charge in [0.15, 0.2) is 5.78 Å². The van der Waals surface area contributed by atoms with Gasteiger partial charge in [0, 0.05) is 6.42 Å². The van der Waals surface area contributed by atoms with Gasteiger partial charge < -0.3 is 0 Å². The van der Waals surface area contributed by atoms with Gasteiger partial charge in [0.2, 0.25) is 0 Å². The fraction of sp³-hybridized carbons (Fsp3) is 0.462. The lowest BCUT2D eigenvalue weighted by molar-refractivity contribution is -0.122. The van der Waals surface area contributed by atoms with Crippen molar-refractivity contribution in [3.63, 3.8) is 0 Å². The topological polar surface area (TPSA) is 47.8 Å². The van der Waals surface area contributed by atoms with Crippen molar-refractivity contribution in [3.8, 4) is 0 Å². The second kappa shape index (κ2) is 4.28.